The average molecular weight is 323 g/mol. The molecule has 124 valence electrons. The van der Waals surface area contributed by atoms with Crippen LogP contribution in [0.3, 0.4) is 0 Å². The van der Waals surface area contributed by atoms with Gasteiger partial charge in [0.15, 0.2) is 17.3 Å². The van der Waals surface area contributed by atoms with Crippen molar-refractivity contribution in [2.75, 3.05) is 30.8 Å². The molecule has 0 atom stereocenters. The van der Waals surface area contributed by atoms with Gasteiger partial charge in [0.1, 0.15) is 11.6 Å². The van der Waals surface area contributed by atoms with Gasteiger partial charge in [-0.1, -0.05) is 13.0 Å². The zero-order valence-electron chi connectivity index (χ0n) is 14.2. The van der Waals surface area contributed by atoms with Crippen molar-refractivity contribution in [2.45, 2.75) is 26.7 Å². The van der Waals surface area contributed by atoms with Crippen molar-refractivity contribution in [1.29, 1.82) is 5.26 Å². The lowest BCUT2D eigenvalue weighted by atomic mass is 10.2. The van der Waals surface area contributed by atoms with E-state index in [1.54, 1.807) is 11.6 Å². The van der Waals surface area contributed by atoms with Crippen molar-refractivity contribution in [3.05, 3.63) is 29.0 Å². The van der Waals surface area contributed by atoms with Gasteiger partial charge >= 0.3 is 0 Å². The van der Waals surface area contributed by atoms with Crippen LogP contribution in [-0.2, 0) is 6.42 Å². The van der Waals surface area contributed by atoms with E-state index in [2.05, 4.69) is 44.8 Å². The highest BCUT2D eigenvalue weighted by molar-refractivity contribution is 5.98. The quantitative estimate of drug-likeness (QED) is 0.881. The van der Waals surface area contributed by atoms with Gasteiger partial charge in [0.25, 0.3) is 0 Å². The maximum Gasteiger partial charge on any atom is 0.163 e. The number of anilines is 2. The van der Waals surface area contributed by atoms with Crippen LogP contribution in [0, 0.1) is 18.3 Å². The van der Waals surface area contributed by atoms with E-state index in [-0.39, 0.29) is 0 Å². The fraction of sp³-hybridized carbons (Fsp3) is 0.412. The van der Waals surface area contributed by atoms with E-state index in [4.69, 9.17) is 0 Å². The molecule has 1 aliphatic heterocycles. The molecule has 7 nitrogen and oxygen atoms in total. The summed E-state index contributed by atoms with van der Waals surface area (Å²) in [5.74, 6) is 1.21. The highest BCUT2D eigenvalue weighted by Crippen LogP contribution is 2.26. The Morgan fingerprint density at radius 1 is 1.42 bits per heavy atom. The molecule has 2 aromatic heterocycles. The molecule has 1 aliphatic rings. The molecular formula is C17H21N7. The van der Waals surface area contributed by atoms with E-state index >= 15 is 0 Å². The van der Waals surface area contributed by atoms with Gasteiger partial charge in [-0.05, 0) is 25.8 Å². The van der Waals surface area contributed by atoms with Gasteiger partial charge in [0.2, 0.25) is 0 Å². The normalized spacial score (nSPS) is 13.7. The molecule has 24 heavy (non-hydrogen) atoms. The fourth-order valence-electron chi connectivity index (χ4n) is 2.92. The number of hydrogen-bond donors (Lipinski definition) is 2. The number of nitrogens with one attached hydrogen (secondary N) is 2. The van der Waals surface area contributed by atoms with Crippen molar-refractivity contribution >= 4 is 23.0 Å². The molecule has 2 aromatic rings. The SMILES string of the molecule is CCc1c(C)nn2c(NC)c(C#N)c(NCC3=NCCC=C3)nc12. The van der Waals surface area contributed by atoms with Crippen LogP contribution in [0.5, 0.6) is 0 Å². The molecule has 0 radical (unpaired) electrons. The van der Waals surface area contributed by atoms with Gasteiger partial charge in [-0.3, -0.25) is 4.99 Å². The third-order valence-corrected chi connectivity index (χ3v) is 4.12. The lowest BCUT2D eigenvalue weighted by molar-refractivity contribution is 0.917. The number of hydrogen-bond acceptors (Lipinski definition) is 6. The molecule has 0 fully saturated rings. The number of fused-ring (bicyclic) bond motifs is 1. The Hall–Kier alpha value is -2.88. The Kier molecular flexibility index (Phi) is 4.47. The smallest absolute Gasteiger partial charge is 0.163 e. The summed E-state index contributed by atoms with van der Waals surface area (Å²) >= 11 is 0. The van der Waals surface area contributed by atoms with Crippen molar-refractivity contribution in [1.82, 2.24) is 14.6 Å². The van der Waals surface area contributed by atoms with Crippen LogP contribution >= 0.6 is 0 Å². The zero-order valence-corrected chi connectivity index (χ0v) is 14.2. The van der Waals surface area contributed by atoms with Crippen molar-refractivity contribution < 1.29 is 0 Å². The number of aryl methyl sites for hydroxylation is 2. The summed E-state index contributed by atoms with van der Waals surface area (Å²) in [6.07, 6.45) is 5.95. The summed E-state index contributed by atoms with van der Waals surface area (Å²) in [4.78, 5) is 9.14. The third kappa shape index (κ3) is 2.71. The molecule has 0 bridgehead atoms. The predicted octanol–water partition coefficient (Wildman–Crippen LogP) is 2.33. The Bertz CT molecular complexity index is 867. The summed E-state index contributed by atoms with van der Waals surface area (Å²) in [6, 6.07) is 2.24. The van der Waals surface area contributed by atoms with E-state index in [9.17, 15) is 5.26 Å². The monoisotopic (exact) mass is 323 g/mol. The maximum atomic E-state index is 9.60. The van der Waals surface area contributed by atoms with Crippen molar-refractivity contribution in [3.63, 3.8) is 0 Å². The Morgan fingerprint density at radius 3 is 2.88 bits per heavy atom. The van der Waals surface area contributed by atoms with Gasteiger partial charge in [-0.25, -0.2) is 4.98 Å². The molecule has 0 saturated carbocycles. The highest BCUT2D eigenvalue weighted by atomic mass is 15.3. The van der Waals surface area contributed by atoms with Crippen molar-refractivity contribution in [3.8, 4) is 6.07 Å². The lowest BCUT2D eigenvalue weighted by Crippen LogP contribution is -2.17. The first-order chi connectivity index (χ1) is 11.7. The van der Waals surface area contributed by atoms with Crippen LogP contribution in [0.4, 0.5) is 11.6 Å². The third-order valence-electron chi connectivity index (χ3n) is 4.12. The van der Waals surface area contributed by atoms with E-state index in [0.29, 0.717) is 23.7 Å². The summed E-state index contributed by atoms with van der Waals surface area (Å²) < 4.78 is 1.72. The largest absolute Gasteiger partial charge is 0.372 e. The van der Waals surface area contributed by atoms with E-state index in [0.717, 1.165) is 42.0 Å². The number of rotatable bonds is 5. The summed E-state index contributed by atoms with van der Waals surface area (Å²) in [5.41, 5.74) is 4.23. The van der Waals surface area contributed by atoms with E-state index in [1.165, 1.54) is 0 Å². The number of nitrogens with zero attached hydrogens (tertiary/aromatic N) is 5. The van der Waals surface area contributed by atoms with Crippen LogP contribution in [0.2, 0.25) is 0 Å². The van der Waals surface area contributed by atoms with Gasteiger partial charge in [-0.15, -0.1) is 0 Å². The van der Waals surface area contributed by atoms with E-state index in [1.807, 2.05) is 13.0 Å². The average Bonchev–Trinajstić information content (AvgIpc) is 2.94. The molecule has 0 amide bonds. The van der Waals surface area contributed by atoms with Gasteiger partial charge in [0, 0.05) is 19.2 Å². The van der Waals surface area contributed by atoms with Crippen LogP contribution in [0.25, 0.3) is 5.65 Å². The number of nitriles is 1. The van der Waals surface area contributed by atoms with Crippen LogP contribution < -0.4 is 10.6 Å². The molecule has 0 aromatic carbocycles. The highest BCUT2D eigenvalue weighted by Gasteiger charge is 2.19. The predicted molar refractivity (Wildman–Crippen MR) is 95.9 cm³/mol. The Morgan fingerprint density at radius 2 is 2.25 bits per heavy atom. The first kappa shape index (κ1) is 16.0. The number of aliphatic imine (C=N–C) groups is 1. The summed E-state index contributed by atoms with van der Waals surface area (Å²) in [6.45, 7) is 5.41. The number of aromatic nitrogens is 3. The molecule has 0 unspecified atom stereocenters. The lowest BCUT2D eigenvalue weighted by Gasteiger charge is -2.13. The molecule has 7 heteroatoms. The standard InChI is InChI=1S/C17H21N7/c1-4-13-11(2)23-24-16(19-3)14(9-18)15(22-17(13)24)21-10-12-7-5-6-8-20-12/h5,7,19H,4,6,8,10H2,1-3H3,(H,21,22). The maximum absolute atomic E-state index is 9.60. The Balaban J connectivity index is 2.07. The second kappa shape index (κ2) is 6.71. The van der Waals surface area contributed by atoms with Gasteiger partial charge in [0.05, 0.1) is 18.0 Å². The zero-order chi connectivity index (χ0) is 17.1. The summed E-state index contributed by atoms with van der Waals surface area (Å²) in [7, 11) is 1.79. The number of dihydropyridines is 1. The second-order valence-electron chi connectivity index (χ2n) is 5.62. The molecule has 3 heterocycles. The van der Waals surface area contributed by atoms with Gasteiger partial charge < -0.3 is 10.6 Å². The summed E-state index contributed by atoms with van der Waals surface area (Å²) in [5, 5.41) is 20.5. The topological polar surface area (TPSA) is 90.4 Å². The van der Waals surface area contributed by atoms with Crippen LogP contribution in [0.1, 0.15) is 30.2 Å². The molecule has 0 aliphatic carbocycles. The second-order valence-corrected chi connectivity index (χ2v) is 5.62. The molecule has 2 N–H and O–H groups in total. The minimum Gasteiger partial charge on any atom is -0.372 e. The molecular weight excluding hydrogens is 302 g/mol. The first-order valence-electron chi connectivity index (χ1n) is 8.13. The van der Waals surface area contributed by atoms with Crippen molar-refractivity contribution in [2.24, 2.45) is 4.99 Å². The molecule has 0 saturated heterocycles. The van der Waals surface area contributed by atoms with Gasteiger partial charge in [-0.2, -0.15) is 14.9 Å². The molecule has 0 spiro atoms. The minimum atomic E-state index is 0.454. The minimum absolute atomic E-state index is 0.454. The van der Waals surface area contributed by atoms with E-state index < -0.39 is 0 Å². The van der Waals surface area contributed by atoms with Crippen LogP contribution in [0.15, 0.2) is 17.1 Å². The Labute approximate surface area is 141 Å². The molecule has 3 rings (SSSR count). The van der Waals surface area contributed by atoms with Crippen LogP contribution in [-0.4, -0.2) is 40.4 Å². The first-order valence-corrected chi connectivity index (χ1v) is 8.13. The fourth-order valence-corrected chi connectivity index (χ4v) is 2.92.